The van der Waals surface area contributed by atoms with Crippen molar-refractivity contribution in [2.45, 2.75) is 39.2 Å². The summed E-state index contributed by atoms with van der Waals surface area (Å²) >= 11 is 5.92. The minimum Gasteiger partial charge on any atom is -0.356 e. The first kappa shape index (κ1) is 19.1. The van der Waals surface area contributed by atoms with E-state index in [1.807, 2.05) is 19.2 Å². The maximum absolute atomic E-state index is 5.92. The highest BCUT2D eigenvalue weighted by atomic mass is 35.5. The lowest BCUT2D eigenvalue weighted by Crippen LogP contribution is -2.46. The molecule has 1 aromatic carbocycles. The topological polar surface area (TPSA) is 39.7 Å². The summed E-state index contributed by atoms with van der Waals surface area (Å²) in [7, 11) is 1.83. The number of nitrogens with one attached hydrogen (secondary N) is 2. The summed E-state index contributed by atoms with van der Waals surface area (Å²) in [4.78, 5) is 6.91. The van der Waals surface area contributed by atoms with E-state index in [-0.39, 0.29) is 0 Å². The molecule has 0 spiro atoms. The summed E-state index contributed by atoms with van der Waals surface area (Å²) in [6.45, 7) is 8.85. The molecule has 0 aliphatic carbocycles. The lowest BCUT2D eigenvalue weighted by molar-refractivity contribution is 0.141. The molecule has 5 heteroatoms. The van der Waals surface area contributed by atoms with Crippen molar-refractivity contribution in [3.8, 4) is 0 Å². The van der Waals surface area contributed by atoms with Crippen molar-refractivity contribution in [2.24, 2.45) is 10.9 Å². The Morgan fingerprint density at radius 2 is 2.04 bits per heavy atom. The van der Waals surface area contributed by atoms with Gasteiger partial charge >= 0.3 is 0 Å². The van der Waals surface area contributed by atoms with Crippen molar-refractivity contribution >= 4 is 17.6 Å². The Kier molecular flexibility index (Phi) is 7.86. The number of benzene rings is 1. The average Bonchev–Trinajstić information content (AvgIpc) is 2.59. The minimum absolute atomic E-state index is 0.643. The standard InChI is InChI=1S/C19H31ClN4/c1-15(2)24-12-4-5-17(14-24)13-23-19(21-3)22-11-10-16-6-8-18(20)9-7-16/h6-9,15,17H,4-5,10-14H2,1-3H3,(H2,21,22,23). The highest BCUT2D eigenvalue weighted by molar-refractivity contribution is 6.30. The number of guanidine groups is 1. The molecular weight excluding hydrogens is 320 g/mol. The Labute approximate surface area is 151 Å². The van der Waals surface area contributed by atoms with Crippen molar-refractivity contribution < 1.29 is 0 Å². The Morgan fingerprint density at radius 1 is 1.29 bits per heavy atom. The first-order chi connectivity index (χ1) is 11.6. The molecule has 0 radical (unpaired) electrons. The maximum atomic E-state index is 5.92. The molecule has 1 aromatic rings. The van der Waals surface area contributed by atoms with Crippen LogP contribution in [-0.2, 0) is 6.42 Å². The lowest BCUT2D eigenvalue weighted by Gasteiger charge is -2.35. The maximum Gasteiger partial charge on any atom is 0.190 e. The third-order valence-corrected chi connectivity index (χ3v) is 4.93. The van der Waals surface area contributed by atoms with Crippen LogP contribution in [0, 0.1) is 5.92 Å². The molecule has 1 aliphatic heterocycles. The zero-order valence-corrected chi connectivity index (χ0v) is 15.9. The normalized spacial score (nSPS) is 19.5. The lowest BCUT2D eigenvalue weighted by atomic mass is 9.97. The Balaban J connectivity index is 1.69. The Morgan fingerprint density at radius 3 is 2.71 bits per heavy atom. The first-order valence-electron chi connectivity index (χ1n) is 9.01. The van der Waals surface area contributed by atoms with Gasteiger partial charge in [0.1, 0.15) is 0 Å². The van der Waals surface area contributed by atoms with Crippen LogP contribution >= 0.6 is 11.6 Å². The van der Waals surface area contributed by atoms with E-state index in [0.29, 0.717) is 12.0 Å². The van der Waals surface area contributed by atoms with Gasteiger partial charge in [-0.1, -0.05) is 23.7 Å². The molecule has 1 heterocycles. The van der Waals surface area contributed by atoms with E-state index < -0.39 is 0 Å². The molecule has 0 bridgehead atoms. The summed E-state index contributed by atoms with van der Waals surface area (Å²) < 4.78 is 0. The number of likely N-dealkylation sites (tertiary alicyclic amines) is 1. The van der Waals surface area contributed by atoms with Gasteiger partial charge in [-0.15, -0.1) is 0 Å². The quantitative estimate of drug-likeness (QED) is 0.611. The van der Waals surface area contributed by atoms with E-state index >= 15 is 0 Å². The molecule has 1 atom stereocenters. The van der Waals surface area contributed by atoms with Gasteiger partial charge < -0.3 is 15.5 Å². The second kappa shape index (κ2) is 9.90. The summed E-state index contributed by atoms with van der Waals surface area (Å²) in [5.74, 6) is 1.60. The number of aliphatic imine (C=N–C) groups is 1. The van der Waals surface area contributed by atoms with Crippen molar-refractivity contribution in [3.63, 3.8) is 0 Å². The summed E-state index contributed by atoms with van der Waals surface area (Å²) in [5.41, 5.74) is 1.28. The van der Waals surface area contributed by atoms with Crippen LogP contribution in [0.1, 0.15) is 32.3 Å². The molecule has 2 N–H and O–H groups in total. The van der Waals surface area contributed by atoms with Gasteiger partial charge in [0.2, 0.25) is 0 Å². The summed E-state index contributed by atoms with van der Waals surface area (Å²) in [6, 6.07) is 8.66. The van der Waals surface area contributed by atoms with Gasteiger partial charge in [-0.2, -0.15) is 0 Å². The van der Waals surface area contributed by atoms with E-state index in [0.717, 1.165) is 30.5 Å². The number of nitrogens with zero attached hydrogens (tertiary/aromatic N) is 2. The second-order valence-corrected chi connectivity index (χ2v) is 7.29. The van der Waals surface area contributed by atoms with E-state index in [1.54, 1.807) is 0 Å². The summed E-state index contributed by atoms with van der Waals surface area (Å²) in [6.07, 6.45) is 3.56. The third kappa shape index (κ3) is 6.33. The Hall–Kier alpha value is -1.26. The molecule has 0 amide bonds. The molecule has 24 heavy (non-hydrogen) atoms. The number of hydrogen-bond acceptors (Lipinski definition) is 2. The highest BCUT2D eigenvalue weighted by Gasteiger charge is 2.21. The van der Waals surface area contributed by atoms with Crippen LogP contribution in [0.3, 0.4) is 0 Å². The second-order valence-electron chi connectivity index (χ2n) is 6.85. The van der Waals surface area contributed by atoms with Crippen LogP contribution in [0.15, 0.2) is 29.3 Å². The molecule has 0 saturated carbocycles. The van der Waals surface area contributed by atoms with Crippen LogP contribution < -0.4 is 10.6 Å². The zero-order valence-electron chi connectivity index (χ0n) is 15.2. The largest absolute Gasteiger partial charge is 0.356 e. The summed E-state index contributed by atoms with van der Waals surface area (Å²) in [5, 5.41) is 7.67. The van der Waals surface area contributed by atoms with Crippen LogP contribution in [0.4, 0.5) is 0 Å². The highest BCUT2D eigenvalue weighted by Crippen LogP contribution is 2.17. The monoisotopic (exact) mass is 350 g/mol. The molecule has 1 aliphatic rings. The number of rotatable bonds is 6. The zero-order chi connectivity index (χ0) is 17.4. The van der Waals surface area contributed by atoms with Gasteiger partial charge in [0, 0.05) is 37.7 Å². The van der Waals surface area contributed by atoms with Gasteiger partial charge in [0.15, 0.2) is 5.96 Å². The fourth-order valence-corrected chi connectivity index (χ4v) is 3.30. The molecule has 1 fully saturated rings. The molecule has 2 rings (SSSR count). The van der Waals surface area contributed by atoms with E-state index in [4.69, 9.17) is 11.6 Å². The molecule has 0 aromatic heterocycles. The first-order valence-corrected chi connectivity index (χ1v) is 9.39. The van der Waals surface area contributed by atoms with Crippen LogP contribution in [0.2, 0.25) is 5.02 Å². The van der Waals surface area contributed by atoms with Gasteiger partial charge in [-0.05, 0) is 63.3 Å². The van der Waals surface area contributed by atoms with Gasteiger partial charge in [0.05, 0.1) is 0 Å². The molecule has 1 saturated heterocycles. The fourth-order valence-electron chi connectivity index (χ4n) is 3.17. The van der Waals surface area contributed by atoms with Gasteiger partial charge in [-0.25, -0.2) is 0 Å². The predicted molar refractivity (Wildman–Crippen MR) is 104 cm³/mol. The number of hydrogen-bond donors (Lipinski definition) is 2. The molecule has 134 valence electrons. The molecular formula is C19H31ClN4. The van der Waals surface area contributed by atoms with Gasteiger partial charge in [-0.3, -0.25) is 4.99 Å². The Bertz CT molecular complexity index is 513. The molecule has 4 nitrogen and oxygen atoms in total. The molecule has 1 unspecified atom stereocenters. The van der Waals surface area contributed by atoms with Crippen molar-refractivity contribution in [2.75, 3.05) is 33.2 Å². The van der Waals surface area contributed by atoms with Crippen molar-refractivity contribution in [1.29, 1.82) is 0 Å². The van der Waals surface area contributed by atoms with E-state index in [9.17, 15) is 0 Å². The number of halogens is 1. The van der Waals surface area contributed by atoms with Gasteiger partial charge in [0.25, 0.3) is 0 Å². The fraction of sp³-hybridized carbons (Fsp3) is 0.632. The SMILES string of the molecule is CN=C(NCCc1ccc(Cl)cc1)NCC1CCCN(C(C)C)C1. The van der Waals surface area contributed by atoms with Crippen LogP contribution in [0.25, 0.3) is 0 Å². The van der Waals surface area contributed by atoms with Crippen molar-refractivity contribution in [1.82, 2.24) is 15.5 Å². The average molecular weight is 351 g/mol. The number of piperidine rings is 1. The smallest absolute Gasteiger partial charge is 0.190 e. The predicted octanol–water partition coefficient (Wildman–Crippen LogP) is 3.17. The van der Waals surface area contributed by atoms with Crippen LogP contribution in [0.5, 0.6) is 0 Å². The van der Waals surface area contributed by atoms with Crippen LogP contribution in [-0.4, -0.2) is 50.1 Å². The van der Waals surface area contributed by atoms with E-state index in [2.05, 4.69) is 46.5 Å². The van der Waals surface area contributed by atoms with Crippen molar-refractivity contribution in [3.05, 3.63) is 34.9 Å². The van der Waals surface area contributed by atoms with E-state index in [1.165, 1.54) is 31.5 Å². The minimum atomic E-state index is 0.643. The third-order valence-electron chi connectivity index (χ3n) is 4.68.